The van der Waals surface area contributed by atoms with Gasteiger partial charge in [-0.1, -0.05) is 23.2 Å². The maximum absolute atomic E-state index is 5.84. The van der Waals surface area contributed by atoms with Gasteiger partial charge in [-0.3, -0.25) is 4.98 Å². The van der Waals surface area contributed by atoms with Gasteiger partial charge >= 0.3 is 0 Å². The number of halogens is 2. The second kappa shape index (κ2) is 3.74. The Balaban J connectivity index is 3.14. The fourth-order valence-corrected chi connectivity index (χ4v) is 1.10. The third-order valence-corrected chi connectivity index (χ3v) is 1.93. The zero-order chi connectivity index (χ0) is 8.27. The van der Waals surface area contributed by atoms with Crippen LogP contribution in [-0.2, 0) is 0 Å². The van der Waals surface area contributed by atoms with Gasteiger partial charge in [-0.15, -0.1) is 0 Å². The molecule has 11 heavy (non-hydrogen) atoms. The molecule has 0 amide bonds. The minimum Gasteiger partial charge on any atom is -0.255 e. The number of pyridine rings is 1. The molecule has 1 nitrogen and oxygen atoms in total. The molecule has 0 unspecified atom stereocenters. The number of aromatic nitrogens is 1. The first-order valence-electron chi connectivity index (χ1n) is 3.13. The van der Waals surface area contributed by atoms with Crippen molar-refractivity contribution in [3.63, 3.8) is 0 Å². The molecule has 0 bridgehead atoms. The van der Waals surface area contributed by atoms with Crippen LogP contribution in [0.2, 0.25) is 5.02 Å². The Labute approximate surface area is 75.7 Å². The van der Waals surface area contributed by atoms with Crippen LogP contribution in [0.25, 0.3) is 5.57 Å². The van der Waals surface area contributed by atoms with Crippen LogP contribution in [0.15, 0.2) is 23.9 Å². The maximum atomic E-state index is 5.84. The number of allylic oxidation sites excluding steroid dienone is 1. The zero-order valence-electron chi connectivity index (χ0n) is 6.01. The Morgan fingerprint density at radius 3 is 2.91 bits per heavy atom. The summed E-state index contributed by atoms with van der Waals surface area (Å²) in [7, 11) is 0. The van der Waals surface area contributed by atoms with Crippen molar-refractivity contribution in [2.75, 3.05) is 0 Å². The highest BCUT2D eigenvalue weighted by atomic mass is 35.5. The Hall–Kier alpha value is -0.530. The van der Waals surface area contributed by atoms with Crippen molar-refractivity contribution in [1.82, 2.24) is 4.98 Å². The lowest BCUT2D eigenvalue weighted by Crippen LogP contribution is -1.84. The van der Waals surface area contributed by atoms with Crippen molar-refractivity contribution in [3.05, 3.63) is 34.6 Å². The molecule has 0 fully saturated rings. The number of rotatable bonds is 1. The van der Waals surface area contributed by atoms with Crippen LogP contribution in [0, 0.1) is 0 Å². The monoisotopic (exact) mass is 187 g/mol. The molecule has 58 valence electrons. The molecule has 0 aliphatic heterocycles. The second-order valence-electron chi connectivity index (χ2n) is 2.13. The molecule has 0 aliphatic rings. The summed E-state index contributed by atoms with van der Waals surface area (Å²) < 4.78 is 0. The minimum absolute atomic E-state index is 0.627. The van der Waals surface area contributed by atoms with Crippen molar-refractivity contribution in [2.24, 2.45) is 0 Å². The van der Waals surface area contributed by atoms with Gasteiger partial charge < -0.3 is 0 Å². The van der Waals surface area contributed by atoms with E-state index < -0.39 is 0 Å². The first-order chi connectivity index (χ1) is 5.25. The van der Waals surface area contributed by atoms with Crippen LogP contribution >= 0.6 is 23.2 Å². The van der Waals surface area contributed by atoms with Gasteiger partial charge in [-0.05, 0) is 24.6 Å². The molecule has 0 N–H and O–H groups in total. The smallest absolute Gasteiger partial charge is 0.0853 e. The Kier molecular flexibility index (Phi) is 2.92. The molecule has 0 spiro atoms. The largest absolute Gasteiger partial charge is 0.255 e. The van der Waals surface area contributed by atoms with Crippen LogP contribution in [-0.4, -0.2) is 4.98 Å². The molecule has 1 rings (SSSR count). The normalized spacial score (nSPS) is 11.7. The van der Waals surface area contributed by atoms with E-state index in [1.165, 1.54) is 5.54 Å². The molecule has 0 aliphatic carbocycles. The number of hydrogen-bond donors (Lipinski definition) is 0. The van der Waals surface area contributed by atoms with Crippen LogP contribution < -0.4 is 0 Å². The molecule has 0 aromatic carbocycles. The summed E-state index contributed by atoms with van der Waals surface area (Å²) in [4.78, 5) is 4.06. The topological polar surface area (TPSA) is 12.9 Å². The summed E-state index contributed by atoms with van der Waals surface area (Å²) in [5.41, 5.74) is 3.08. The molecule has 1 aromatic rings. The highest BCUT2D eigenvalue weighted by molar-refractivity contribution is 6.33. The quantitative estimate of drug-likeness (QED) is 0.658. The SMILES string of the molecule is C/C(=C\Cl)c1ncccc1Cl. The predicted molar refractivity (Wildman–Crippen MR) is 48.8 cm³/mol. The Bertz CT molecular complexity index is 281. The summed E-state index contributed by atoms with van der Waals surface area (Å²) >= 11 is 11.3. The van der Waals surface area contributed by atoms with Crippen molar-refractivity contribution in [1.29, 1.82) is 0 Å². The van der Waals surface area contributed by atoms with Gasteiger partial charge in [0.2, 0.25) is 0 Å². The van der Waals surface area contributed by atoms with Gasteiger partial charge in [-0.25, -0.2) is 0 Å². The molecule has 0 saturated heterocycles. The molecule has 1 aromatic heterocycles. The lowest BCUT2D eigenvalue weighted by molar-refractivity contribution is 1.27. The predicted octanol–water partition coefficient (Wildman–Crippen LogP) is 3.33. The van der Waals surface area contributed by atoms with Crippen molar-refractivity contribution in [2.45, 2.75) is 6.92 Å². The molecule has 0 saturated carbocycles. The van der Waals surface area contributed by atoms with E-state index >= 15 is 0 Å². The Morgan fingerprint density at radius 2 is 2.36 bits per heavy atom. The lowest BCUT2D eigenvalue weighted by atomic mass is 10.2. The van der Waals surface area contributed by atoms with Gasteiger partial charge in [0.1, 0.15) is 0 Å². The number of hydrogen-bond acceptors (Lipinski definition) is 1. The van der Waals surface area contributed by atoms with E-state index in [0.29, 0.717) is 5.02 Å². The van der Waals surface area contributed by atoms with Crippen molar-refractivity contribution in [3.8, 4) is 0 Å². The molecule has 1 heterocycles. The van der Waals surface area contributed by atoms with E-state index in [1.54, 1.807) is 18.3 Å². The summed E-state index contributed by atoms with van der Waals surface area (Å²) in [5.74, 6) is 0. The summed E-state index contributed by atoms with van der Waals surface area (Å²) in [5, 5.41) is 0.627. The molecule has 0 radical (unpaired) electrons. The van der Waals surface area contributed by atoms with E-state index in [-0.39, 0.29) is 0 Å². The third-order valence-electron chi connectivity index (χ3n) is 1.30. The van der Waals surface area contributed by atoms with Crippen LogP contribution in [0.5, 0.6) is 0 Å². The first kappa shape index (κ1) is 8.57. The van der Waals surface area contributed by atoms with E-state index in [0.717, 1.165) is 11.3 Å². The highest BCUT2D eigenvalue weighted by Crippen LogP contribution is 2.20. The van der Waals surface area contributed by atoms with Crippen molar-refractivity contribution >= 4 is 28.8 Å². The summed E-state index contributed by atoms with van der Waals surface area (Å²) in [6, 6.07) is 3.57. The van der Waals surface area contributed by atoms with Crippen LogP contribution in [0.4, 0.5) is 0 Å². The zero-order valence-corrected chi connectivity index (χ0v) is 7.52. The minimum atomic E-state index is 0.627. The van der Waals surface area contributed by atoms with Crippen LogP contribution in [0.1, 0.15) is 12.6 Å². The summed E-state index contributed by atoms with van der Waals surface area (Å²) in [6.07, 6.45) is 1.69. The van der Waals surface area contributed by atoms with Crippen molar-refractivity contribution < 1.29 is 0 Å². The molecular formula is C8H7Cl2N. The summed E-state index contributed by atoms with van der Waals surface area (Å²) in [6.45, 7) is 1.86. The molecule has 0 atom stereocenters. The number of nitrogens with zero attached hydrogens (tertiary/aromatic N) is 1. The van der Waals surface area contributed by atoms with E-state index in [2.05, 4.69) is 4.98 Å². The van der Waals surface area contributed by atoms with Crippen LogP contribution in [0.3, 0.4) is 0 Å². The Morgan fingerprint density at radius 1 is 1.64 bits per heavy atom. The third kappa shape index (κ3) is 1.95. The van der Waals surface area contributed by atoms with Gasteiger partial charge in [-0.2, -0.15) is 0 Å². The highest BCUT2D eigenvalue weighted by Gasteiger charge is 2.00. The van der Waals surface area contributed by atoms with Gasteiger partial charge in [0.15, 0.2) is 0 Å². The fraction of sp³-hybridized carbons (Fsp3) is 0.125. The van der Waals surface area contributed by atoms with E-state index in [9.17, 15) is 0 Å². The molecular weight excluding hydrogens is 181 g/mol. The van der Waals surface area contributed by atoms with E-state index in [4.69, 9.17) is 23.2 Å². The van der Waals surface area contributed by atoms with Gasteiger partial charge in [0, 0.05) is 11.7 Å². The second-order valence-corrected chi connectivity index (χ2v) is 2.75. The average Bonchev–Trinajstić information content (AvgIpc) is 2.04. The van der Waals surface area contributed by atoms with Gasteiger partial charge in [0.25, 0.3) is 0 Å². The maximum Gasteiger partial charge on any atom is 0.0853 e. The lowest BCUT2D eigenvalue weighted by Gasteiger charge is -1.99. The standard InChI is InChI=1S/C8H7Cl2N/c1-6(5-9)8-7(10)3-2-4-11-8/h2-5H,1H3/b6-5+. The fourth-order valence-electron chi connectivity index (χ4n) is 0.728. The first-order valence-corrected chi connectivity index (χ1v) is 3.95. The van der Waals surface area contributed by atoms with Gasteiger partial charge in [0.05, 0.1) is 10.7 Å². The average molecular weight is 188 g/mol. The molecule has 3 heteroatoms. The van der Waals surface area contributed by atoms with E-state index in [1.807, 2.05) is 6.92 Å².